The summed E-state index contributed by atoms with van der Waals surface area (Å²) in [5.74, 6) is -0.112. The van der Waals surface area contributed by atoms with Gasteiger partial charge in [0.15, 0.2) is 11.6 Å². The normalized spacial score (nSPS) is 12.2. The zero-order valence-electron chi connectivity index (χ0n) is 10.6. The first-order chi connectivity index (χ1) is 9.20. The molecule has 1 N–H and O–H groups in total. The summed E-state index contributed by atoms with van der Waals surface area (Å²) in [7, 11) is 1.84. The fraction of sp³-hybridized carbons (Fsp3) is 0.200. The highest BCUT2D eigenvalue weighted by atomic mass is 79.9. The predicted octanol–water partition coefficient (Wildman–Crippen LogP) is 3.93. The molecule has 2 nitrogen and oxygen atoms in total. The zero-order chi connectivity index (χ0) is 13.7. The maximum absolute atomic E-state index is 13.7. The Morgan fingerprint density at radius 3 is 2.63 bits per heavy atom. The van der Waals surface area contributed by atoms with Crippen LogP contribution in [0.3, 0.4) is 0 Å². The molecule has 0 amide bonds. The number of likely N-dealkylation sites (N-methyl/N-ethyl adjacent to an activating group) is 1. The number of benzene rings is 2. The lowest BCUT2D eigenvalue weighted by molar-refractivity contribution is 0.195. The number of halogens is 2. The second kappa shape index (κ2) is 6.68. The SMILES string of the molecule is CNCC(Oc1cc(Br)ccc1F)c1ccccc1. The third-order valence-corrected chi connectivity index (χ3v) is 3.22. The maximum atomic E-state index is 13.7. The second-order valence-corrected chi connectivity index (χ2v) is 5.07. The van der Waals surface area contributed by atoms with E-state index in [9.17, 15) is 4.39 Å². The quantitative estimate of drug-likeness (QED) is 0.900. The highest BCUT2D eigenvalue weighted by Crippen LogP contribution is 2.27. The van der Waals surface area contributed by atoms with Gasteiger partial charge in [0.25, 0.3) is 0 Å². The first-order valence-corrected chi connectivity index (χ1v) is 6.81. The van der Waals surface area contributed by atoms with Gasteiger partial charge in [-0.05, 0) is 30.8 Å². The van der Waals surface area contributed by atoms with Crippen molar-refractivity contribution in [3.05, 3.63) is 64.4 Å². The molecule has 0 spiro atoms. The number of nitrogens with one attached hydrogen (secondary N) is 1. The van der Waals surface area contributed by atoms with Gasteiger partial charge in [-0.2, -0.15) is 0 Å². The Bertz CT molecular complexity index is 533. The van der Waals surface area contributed by atoms with Crippen LogP contribution in [0.4, 0.5) is 4.39 Å². The topological polar surface area (TPSA) is 21.3 Å². The Morgan fingerprint density at radius 1 is 1.21 bits per heavy atom. The molecule has 0 saturated carbocycles. The minimum absolute atomic E-state index is 0.227. The van der Waals surface area contributed by atoms with Crippen molar-refractivity contribution in [1.29, 1.82) is 0 Å². The molecule has 0 aliphatic heterocycles. The lowest BCUT2D eigenvalue weighted by Crippen LogP contribution is -2.22. The smallest absolute Gasteiger partial charge is 0.165 e. The number of rotatable bonds is 5. The van der Waals surface area contributed by atoms with Crippen molar-refractivity contribution in [2.45, 2.75) is 6.10 Å². The lowest BCUT2D eigenvalue weighted by atomic mass is 10.1. The molecule has 0 fully saturated rings. The van der Waals surface area contributed by atoms with Crippen LogP contribution in [0, 0.1) is 5.82 Å². The van der Waals surface area contributed by atoms with Crippen LogP contribution in [0.25, 0.3) is 0 Å². The Kier molecular flexibility index (Phi) is 4.93. The minimum Gasteiger partial charge on any atom is -0.481 e. The van der Waals surface area contributed by atoms with Crippen molar-refractivity contribution in [2.75, 3.05) is 13.6 Å². The van der Waals surface area contributed by atoms with Gasteiger partial charge in [-0.15, -0.1) is 0 Å². The average Bonchev–Trinajstić information content (AvgIpc) is 2.43. The molecule has 1 atom stereocenters. The van der Waals surface area contributed by atoms with Gasteiger partial charge >= 0.3 is 0 Å². The number of hydrogen-bond acceptors (Lipinski definition) is 2. The maximum Gasteiger partial charge on any atom is 0.165 e. The molecule has 2 aromatic rings. The summed E-state index contributed by atoms with van der Waals surface area (Å²) < 4.78 is 20.3. The van der Waals surface area contributed by atoms with E-state index in [1.54, 1.807) is 12.1 Å². The monoisotopic (exact) mass is 323 g/mol. The van der Waals surface area contributed by atoms with Gasteiger partial charge in [-0.25, -0.2) is 4.39 Å². The van der Waals surface area contributed by atoms with Gasteiger partial charge in [0.05, 0.1) is 0 Å². The van der Waals surface area contributed by atoms with Crippen molar-refractivity contribution in [1.82, 2.24) is 5.32 Å². The average molecular weight is 324 g/mol. The summed E-state index contributed by atoms with van der Waals surface area (Å²) in [6, 6.07) is 14.5. The molecule has 19 heavy (non-hydrogen) atoms. The summed E-state index contributed by atoms with van der Waals surface area (Å²) in [6.07, 6.45) is -0.227. The van der Waals surface area contributed by atoms with Crippen molar-refractivity contribution in [3.63, 3.8) is 0 Å². The summed E-state index contributed by atoms with van der Waals surface area (Å²) in [5.41, 5.74) is 1.01. The lowest BCUT2D eigenvalue weighted by Gasteiger charge is -2.19. The van der Waals surface area contributed by atoms with Crippen LogP contribution in [0.1, 0.15) is 11.7 Å². The van der Waals surface area contributed by atoms with Crippen molar-refractivity contribution < 1.29 is 9.13 Å². The van der Waals surface area contributed by atoms with Crippen molar-refractivity contribution in [3.8, 4) is 5.75 Å². The molecule has 100 valence electrons. The van der Waals surface area contributed by atoms with E-state index in [1.165, 1.54) is 6.07 Å². The molecule has 2 rings (SSSR count). The van der Waals surface area contributed by atoms with E-state index in [0.717, 1.165) is 10.0 Å². The van der Waals surface area contributed by atoms with E-state index in [2.05, 4.69) is 21.2 Å². The molecule has 0 bridgehead atoms. The molecule has 0 aliphatic rings. The van der Waals surface area contributed by atoms with Crippen LogP contribution in [0.5, 0.6) is 5.75 Å². The fourth-order valence-corrected chi connectivity index (χ4v) is 2.14. The van der Waals surface area contributed by atoms with Crippen LogP contribution in [0.2, 0.25) is 0 Å². The van der Waals surface area contributed by atoms with Crippen LogP contribution >= 0.6 is 15.9 Å². The van der Waals surface area contributed by atoms with E-state index in [1.807, 2.05) is 37.4 Å². The standard InChI is InChI=1S/C15H15BrFNO/c1-18-10-15(11-5-3-2-4-6-11)19-14-9-12(16)7-8-13(14)17/h2-9,15,18H,10H2,1H3. The molecule has 4 heteroatoms. The summed E-state index contributed by atoms with van der Waals surface area (Å²) in [5, 5.41) is 3.06. The number of ether oxygens (including phenoxy) is 1. The van der Waals surface area contributed by atoms with Crippen molar-refractivity contribution in [2.24, 2.45) is 0 Å². The van der Waals surface area contributed by atoms with Crippen LogP contribution < -0.4 is 10.1 Å². The second-order valence-electron chi connectivity index (χ2n) is 4.15. The summed E-state index contributed by atoms with van der Waals surface area (Å²) >= 11 is 3.32. The van der Waals surface area contributed by atoms with Crippen LogP contribution in [-0.4, -0.2) is 13.6 Å². The Balaban J connectivity index is 2.24. The molecule has 1 unspecified atom stereocenters. The van der Waals surface area contributed by atoms with Crippen LogP contribution in [-0.2, 0) is 0 Å². The van der Waals surface area contributed by atoms with Gasteiger partial charge < -0.3 is 10.1 Å². The van der Waals surface area contributed by atoms with E-state index < -0.39 is 0 Å². The van der Waals surface area contributed by atoms with Gasteiger partial charge in [0, 0.05) is 11.0 Å². The molecule has 0 saturated heterocycles. The first kappa shape index (κ1) is 14.0. The fourth-order valence-electron chi connectivity index (χ4n) is 1.80. The third kappa shape index (κ3) is 3.78. The largest absolute Gasteiger partial charge is 0.481 e. The highest BCUT2D eigenvalue weighted by molar-refractivity contribution is 9.10. The van der Waals surface area contributed by atoms with E-state index in [4.69, 9.17) is 4.74 Å². The Morgan fingerprint density at radius 2 is 1.95 bits per heavy atom. The number of hydrogen-bond donors (Lipinski definition) is 1. The molecule has 0 radical (unpaired) electrons. The van der Waals surface area contributed by atoms with Gasteiger partial charge in [0.2, 0.25) is 0 Å². The molecule has 0 aromatic heterocycles. The molecule has 0 aliphatic carbocycles. The summed E-state index contributed by atoms with van der Waals surface area (Å²) in [6.45, 7) is 0.607. The minimum atomic E-state index is -0.361. The molecular weight excluding hydrogens is 309 g/mol. The van der Waals surface area contributed by atoms with E-state index in [0.29, 0.717) is 6.54 Å². The Hall–Kier alpha value is -1.39. The summed E-state index contributed by atoms with van der Waals surface area (Å²) in [4.78, 5) is 0. The van der Waals surface area contributed by atoms with E-state index >= 15 is 0 Å². The Labute approximate surface area is 120 Å². The highest BCUT2D eigenvalue weighted by Gasteiger charge is 2.14. The molecule has 0 heterocycles. The third-order valence-electron chi connectivity index (χ3n) is 2.72. The predicted molar refractivity (Wildman–Crippen MR) is 77.8 cm³/mol. The van der Waals surface area contributed by atoms with Gasteiger partial charge in [-0.3, -0.25) is 0 Å². The van der Waals surface area contributed by atoms with Gasteiger partial charge in [0.1, 0.15) is 6.10 Å². The molecule has 2 aromatic carbocycles. The first-order valence-electron chi connectivity index (χ1n) is 6.02. The van der Waals surface area contributed by atoms with Crippen molar-refractivity contribution >= 4 is 15.9 Å². The van der Waals surface area contributed by atoms with Gasteiger partial charge in [-0.1, -0.05) is 46.3 Å². The van der Waals surface area contributed by atoms with Crippen LogP contribution in [0.15, 0.2) is 53.0 Å². The molecular formula is C15H15BrFNO. The van der Waals surface area contributed by atoms with E-state index in [-0.39, 0.29) is 17.7 Å². The zero-order valence-corrected chi connectivity index (χ0v) is 12.2.